The Morgan fingerprint density at radius 3 is 2.11 bits per heavy atom. The minimum Gasteiger partial charge on any atom is -0.495 e. The molecule has 0 aromatic heterocycles. The van der Waals surface area contributed by atoms with Crippen LogP contribution in [0, 0.1) is 0 Å². The van der Waals surface area contributed by atoms with Crippen LogP contribution in [0.4, 0.5) is 5.69 Å². The number of ether oxygens (including phenoxy) is 1. The second-order valence-corrected chi connectivity index (χ2v) is 9.54. The topological polar surface area (TPSA) is 92.8 Å². The molecule has 0 aliphatic rings. The van der Waals surface area contributed by atoms with Gasteiger partial charge in [0.15, 0.2) is 0 Å². The number of sulfonamides is 2. The fraction of sp³-hybridized carbons (Fsp3) is 0.294. The first-order valence-corrected chi connectivity index (χ1v) is 11.4. The number of methoxy groups -OCH3 is 1. The van der Waals surface area contributed by atoms with Crippen molar-refractivity contribution in [2.75, 3.05) is 24.9 Å². The number of anilines is 1. The molecule has 0 spiro atoms. The number of rotatable bonds is 8. The lowest BCUT2D eigenvalue weighted by atomic mass is 10.3. The van der Waals surface area contributed by atoms with Crippen molar-refractivity contribution < 1.29 is 21.6 Å². The summed E-state index contributed by atoms with van der Waals surface area (Å²) in [6.45, 7) is 4.20. The zero-order valence-corrected chi connectivity index (χ0v) is 17.5. The molecule has 27 heavy (non-hydrogen) atoms. The van der Waals surface area contributed by atoms with E-state index in [-0.39, 0.29) is 26.3 Å². The maximum absolute atomic E-state index is 12.6. The lowest BCUT2D eigenvalue weighted by Crippen LogP contribution is -2.30. The van der Waals surface area contributed by atoms with Crippen molar-refractivity contribution in [2.24, 2.45) is 0 Å². The molecule has 0 atom stereocenters. The lowest BCUT2D eigenvalue weighted by Gasteiger charge is -2.18. The molecular formula is C17H21ClN2O5S2. The van der Waals surface area contributed by atoms with Gasteiger partial charge >= 0.3 is 0 Å². The minimum absolute atomic E-state index is 0.0921. The number of nitrogens with zero attached hydrogens (tertiary/aromatic N) is 1. The van der Waals surface area contributed by atoms with Crippen LogP contribution in [0.25, 0.3) is 0 Å². The zero-order chi connectivity index (χ0) is 20.2. The van der Waals surface area contributed by atoms with Gasteiger partial charge in [-0.3, -0.25) is 4.72 Å². The van der Waals surface area contributed by atoms with Gasteiger partial charge in [0.1, 0.15) is 10.6 Å². The summed E-state index contributed by atoms with van der Waals surface area (Å²) in [7, 11) is -6.23. The van der Waals surface area contributed by atoms with Crippen LogP contribution in [0.5, 0.6) is 5.75 Å². The summed E-state index contributed by atoms with van der Waals surface area (Å²) in [6.07, 6.45) is 0. The third-order valence-corrected chi connectivity index (χ3v) is 7.57. The SMILES string of the molecule is CCN(CC)S(=O)(=O)c1ccc(NS(=O)(=O)c2cc(Cl)ccc2OC)cc1. The Labute approximate surface area is 165 Å². The van der Waals surface area contributed by atoms with Crippen molar-refractivity contribution in [3.8, 4) is 5.75 Å². The number of benzene rings is 2. The first kappa shape index (κ1) is 21.5. The predicted molar refractivity (Wildman–Crippen MR) is 105 cm³/mol. The summed E-state index contributed by atoms with van der Waals surface area (Å²) in [5, 5.41) is 0.247. The van der Waals surface area contributed by atoms with Gasteiger partial charge in [-0.15, -0.1) is 0 Å². The third-order valence-electron chi connectivity index (χ3n) is 3.86. The minimum atomic E-state index is -3.97. The van der Waals surface area contributed by atoms with Crippen LogP contribution in [0.2, 0.25) is 5.02 Å². The van der Waals surface area contributed by atoms with Crippen LogP contribution in [0.15, 0.2) is 52.3 Å². The molecular weight excluding hydrogens is 412 g/mol. The van der Waals surface area contributed by atoms with Crippen LogP contribution in [-0.4, -0.2) is 41.3 Å². The summed E-state index contributed by atoms with van der Waals surface area (Å²) < 4.78 is 59.1. The van der Waals surface area contributed by atoms with Gasteiger partial charge < -0.3 is 4.74 Å². The van der Waals surface area contributed by atoms with E-state index in [1.165, 1.54) is 53.9 Å². The molecule has 10 heteroatoms. The van der Waals surface area contributed by atoms with E-state index in [0.29, 0.717) is 13.1 Å². The van der Waals surface area contributed by atoms with E-state index in [1.807, 2.05) is 0 Å². The van der Waals surface area contributed by atoms with Gasteiger partial charge in [0.25, 0.3) is 10.0 Å². The maximum atomic E-state index is 12.6. The van der Waals surface area contributed by atoms with Gasteiger partial charge in [-0.2, -0.15) is 4.31 Å². The Morgan fingerprint density at radius 2 is 1.59 bits per heavy atom. The smallest absolute Gasteiger partial charge is 0.265 e. The molecule has 0 radical (unpaired) electrons. The van der Waals surface area contributed by atoms with Gasteiger partial charge in [-0.1, -0.05) is 25.4 Å². The molecule has 0 heterocycles. The molecule has 0 bridgehead atoms. The van der Waals surface area contributed by atoms with Crippen molar-refractivity contribution in [3.05, 3.63) is 47.5 Å². The van der Waals surface area contributed by atoms with E-state index < -0.39 is 20.0 Å². The van der Waals surface area contributed by atoms with Crippen LogP contribution < -0.4 is 9.46 Å². The second-order valence-electron chi connectivity index (χ2n) is 5.51. The Hall–Kier alpha value is -1.81. The largest absolute Gasteiger partial charge is 0.495 e. The molecule has 0 aliphatic carbocycles. The molecule has 2 aromatic rings. The molecule has 2 rings (SSSR count). The van der Waals surface area contributed by atoms with Gasteiger partial charge in [0, 0.05) is 23.8 Å². The van der Waals surface area contributed by atoms with E-state index in [0.717, 1.165) is 0 Å². The highest BCUT2D eigenvalue weighted by atomic mass is 35.5. The van der Waals surface area contributed by atoms with Crippen molar-refractivity contribution in [1.82, 2.24) is 4.31 Å². The van der Waals surface area contributed by atoms with E-state index in [9.17, 15) is 16.8 Å². The molecule has 0 fully saturated rings. The number of nitrogens with one attached hydrogen (secondary N) is 1. The molecule has 0 aliphatic heterocycles. The summed E-state index contributed by atoms with van der Waals surface area (Å²) in [5.74, 6) is 0.146. The summed E-state index contributed by atoms with van der Waals surface area (Å²) >= 11 is 5.89. The molecule has 0 saturated carbocycles. The fourth-order valence-corrected chi connectivity index (χ4v) is 5.43. The van der Waals surface area contributed by atoms with Gasteiger partial charge in [-0.05, 0) is 42.5 Å². The number of halogens is 1. The monoisotopic (exact) mass is 432 g/mol. The molecule has 1 N–H and O–H groups in total. The maximum Gasteiger partial charge on any atom is 0.265 e. The Morgan fingerprint density at radius 1 is 1.00 bits per heavy atom. The van der Waals surface area contributed by atoms with Gasteiger partial charge in [0.2, 0.25) is 10.0 Å². The molecule has 7 nitrogen and oxygen atoms in total. The van der Waals surface area contributed by atoms with E-state index in [2.05, 4.69) is 4.72 Å². The summed E-state index contributed by atoms with van der Waals surface area (Å²) in [6, 6.07) is 9.77. The molecule has 0 saturated heterocycles. The normalized spacial score (nSPS) is 12.2. The second kappa shape index (κ2) is 8.47. The van der Waals surface area contributed by atoms with Crippen molar-refractivity contribution in [2.45, 2.75) is 23.6 Å². The van der Waals surface area contributed by atoms with Crippen molar-refractivity contribution in [1.29, 1.82) is 0 Å². The Kier molecular flexibility index (Phi) is 6.74. The standard InChI is InChI=1S/C17H21ClN2O5S2/c1-4-20(5-2)27(23,24)15-9-7-14(8-10-15)19-26(21,22)17-12-13(18)6-11-16(17)25-3/h6-12,19H,4-5H2,1-3H3. The first-order valence-electron chi connectivity index (χ1n) is 8.12. The molecule has 148 valence electrons. The van der Waals surface area contributed by atoms with Crippen LogP contribution >= 0.6 is 11.6 Å². The van der Waals surface area contributed by atoms with Crippen molar-refractivity contribution >= 4 is 37.3 Å². The van der Waals surface area contributed by atoms with Crippen LogP contribution in [0.3, 0.4) is 0 Å². The average molecular weight is 433 g/mol. The highest BCUT2D eigenvalue weighted by Crippen LogP contribution is 2.29. The zero-order valence-electron chi connectivity index (χ0n) is 15.1. The fourth-order valence-electron chi connectivity index (χ4n) is 2.48. The third kappa shape index (κ3) is 4.73. The molecule has 0 amide bonds. The Balaban J connectivity index is 2.33. The number of hydrogen-bond donors (Lipinski definition) is 1. The van der Waals surface area contributed by atoms with Gasteiger partial charge in [0.05, 0.1) is 12.0 Å². The van der Waals surface area contributed by atoms with Crippen LogP contribution in [0.1, 0.15) is 13.8 Å². The summed E-state index contributed by atoms with van der Waals surface area (Å²) in [4.78, 5) is -0.0215. The molecule has 0 unspecified atom stereocenters. The van der Waals surface area contributed by atoms with Gasteiger partial charge in [-0.25, -0.2) is 16.8 Å². The van der Waals surface area contributed by atoms with Crippen molar-refractivity contribution in [3.63, 3.8) is 0 Å². The highest BCUT2D eigenvalue weighted by molar-refractivity contribution is 7.92. The molecule has 2 aromatic carbocycles. The first-order chi connectivity index (χ1) is 12.7. The number of hydrogen-bond acceptors (Lipinski definition) is 5. The van der Waals surface area contributed by atoms with E-state index >= 15 is 0 Å². The predicted octanol–water partition coefficient (Wildman–Crippen LogP) is 3.18. The highest BCUT2D eigenvalue weighted by Gasteiger charge is 2.23. The summed E-state index contributed by atoms with van der Waals surface area (Å²) in [5.41, 5.74) is 0.218. The Bertz CT molecular complexity index is 1000. The van der Waals surface area contributed by atoms with E-state index in [4.69, 9.17) is 16.3 Å². The van der Waals surface area contributed by atoms with Crippen LogP contribution in [-0.2, 0) is 20.0 Å². The lowest BCUT2D eigenvalue weighted by molar-refractivity contribution is 0.403. The van der Waals surface area contributed by atoms with E-state index in [1.54, 1.807) is 13.8 Å². The average Bonchev–Trinajstić information content (AvgIpc) is 2.62. The quantitative estimate of drug-likeness (QED) is 0.691.